The number of carbonyl (C=O) groups is 1. The lowest BCUT2D eigenvalue weighted by atomic mass is 10.2. The SMILES string of the molecule is CN(CC(=O)c1cccs1)CC1CCCO1. The second-order valence-corrected chi connectivity index (χ2v) is 5.18. The molecule has 1 aliphatic rings. The second kappa shape index (κ2) is 5.57. The van der Waals surface area contributed by atoms with E-state index in [-0.39, 0.29) is 5.78 Å². The Labute approximate surface area is 100 Å². The van der Waals surface area contributed by atoms with Gasteiger partial charge in [0, 0.05) is 13.2 Å². The van der Waals surface area contributed by atoms with Crippen molar-refractivity contribution in [2.45, 2.75) is 18.9 Å². The number of rotatable bonds is 5. The van der Waals surface area contributed by atoms with Crippen LogP contribution in [-0.4, -0.2) is 43.5 Å². The number of likely N-dealkylation sites (N-methyl/N-ethyl adjacent to an activating group) is 1. The van der Waals surface area contributed by atoms with Crippen molar-refractivity contribution in [3.8, 4) is 0 Å². The molecule has 16 heavy (non-hydrogen) atoms. The van der Waals surface area contributed by atoms with Crippen molar-refractivity contribution in [3.63, 3.8) is 0 Å². The Hall–Kier alpha value is -0.710. The van der Waals surface area contributed by atoms with Crippen molar-refractivity contribution in [2.24, 2.45) is 0 Å². The lowest BCUT2D eigenvalue weighted by Gasteiger charge is -2.19. The summed E-state index contributed by atoms with van der Waals surface area (Å²) in [6.45, 7) is 2.22. The number of hydrogen-bond donors (Lipinski definition) is 0. The van der Waals surface area contributed by atoms with Gasteiger partial charge in [-0.2, -0.15) is 0 Å². The average Bonchev–Trinajstić information content (AvgIpc) is 2.88. The Morgan fingerprint density at radius 3 is 3.19 bits per heavy atom. The molecule has 1 saturated heterocycles. The zero-order chi connectivity index (χ0) is 11.4. The molecule has 2 heterocycles. The van der Waals surface area contributed by atoms with Gasteiger partial charge in [-0.1, -0.05) is 6.07 Å². The molecular formula is C12H17NO2S. The van der Waals surface area contributed by atoms with Gasteiger partial charge >= 0.3 is 0 Å². The molecule has 0 aromatic carbocycles. The monoisotopic (exact) mass is 239 g/mol. The Morgan fingerprint density at radius 2 is 2.56 bits per heavy atom. The van der Waals surface area contributed by atoms with Crippen LogP contribution in [0.2, 0.25) is 0 Å². The number of carbonyl (C=O) groups excluding carboxylic acids is 1. The van der Waals surface area contributed by atoms with E-state index >= 15 is 0 Å². The predicted molar refractivity (Wildman–Crippen MR) is 65.1 cm³/mol. The molecule has 0 N–H and O–H groups in total. The zero-order valence-electron chi connectivity index (χ0n) is 9.52. The van der Waals surface area contributed by atoms with Crippen LogP contribution in [0.3, 0.4) is 0 Å². The molecule has 0 aliphatic carbocycles. The molecule has 88 valence electrons. The first-order valence-corrected chi connectivity index (χ1v) is 6.50. The van der Waals surface area contributed by atoms with Gasteiger partial charge in [-0.05, 0) is 31.3 Å². The van der Waals surface area contributed by atoms with Crippen LogP contribution in [-0.2, 0) is 4.74 Å². The largest absolute Gasteiger partial charge is 0.377 e. The Kier molecular flexibility index (Phi) is 4.09. The summed E-state index contributed by atoms with van der Waals surface area (Å²) < 4.78 is 5.55. The molecular weight excluding hydrogens is 222 g/mol. The fourth-order valence-corrected chi connectivity index (χ4v) is 2.62. The number of thiophene rings is 1. The van der Waals surface area contributed by atoms with Crippen molar-refractivity contribution in [1.29, 1.82) is 0 Å². The van der Waals surface area contributed by atoms with E-state index in [1.54, 1.807) is 0 Å². The highest BCUT2D eigenvalue weighted by atomic mass is 32.1. The van der Waals surface area contributed by atoms with E-state index in [1.165, 1.54) is 11.3 Å². The molecule has 4 heteroatoms. The van der Waals surface area contributed by atoms with Crippen LogP contribution in [0.1, 0.15) is 22.5 Å². The number of hydrogen-bond acceptors (Lipinski definition) is 4. The summed E-state index contributed by atoms with van der Waals surface area (Å²) in [4.78, 5) is 14.7. The Morgan fingerprint density at radius 1 is 1.69 bits per heavy atom. The molecule has 1 aliphatic heterocycles. The van der Waals surface area contributed by atoms with Crippen molar-refractivity contribution >= 4 is 17.1 Å². The Balaban J connectivity index is 1.78. The fourth-order valence-electron chi connectivity index (χ4n) is 1.96. The van der Waals surface area contributed by atoms with Crippen LogP contribution in [0.5, 0.6) is 0 Å². The lowest BCUT2D eigenvalue weighted by Crippen LogP contribution is -2.32. The highest BCUT2D eigenvalue weighted by Gasteiger charge is 2.19. The minimum atomic E-state index is 0.204. The van der Waals surface area contributed by atoms with Crippen LogP contribution >= 0.6 is 11.3 Å². The smallest absolute Gasteiger partial charge is 0.186 e. The van der Waals surface area contributed by atoms with Gasteiger partial charge in [0.2, 0.25) is 0 Å². The van der Waals surface area contributed by atoms with E-state index in [2.05, 4.69) is 4.90 Å². The fraction of sp³-hybridized carbons (Fsp3) is 0.583. The quantitative estimate of drug-likeness (QED) is 0.736. The number of ketones is 1. The molecule has 0 radical (unpaired) electrons. The van der Waals surface area contributed by atoms with E-state index in [1.807, 2.05) is 24.6 Å². The molecule has 1 fully saturated rings. The maximum atomic E-state index is 11.8. The van der Waals surface area contributed by atoms with Gasteiger partial charge in [0.25, 0.3) is 0 Å². The summed E-state index contributed by atoms with van der Waals surface area (Å²) in [6, 6.07) is 3.80. The minimum absolute atomic E-state index is 0.204. The van der Waals surface area contributed by atoms with Crippen LogP contribution in [0.4, 0.5) is 0 Å². The van der Waals surface area contributed by atoms with Crippen molar-refractivity contribution < 1.29 is 9.53 Å². The van der Waals surface area contributed by atoms with Crippen LogP contribution in [0.15, 0.2) is 17.5 Å². The van der Waals surface area contributed by atoms with Gasteiger partial charge in [-0.15, -0.1) is 11.3 Å². The zero-order valence-corrected chi connectivity index (χ0v) is 10.3. The summed E-state index contributed by atoms with van der Waals surface area (Å²) in [7, 11) is 1.98. The third-order valence-corrected chi connectivity index (χ3v) is 3.66. The first-order chi connectivity index (χ1) is 7.75. The molecule has 0 saturated carbocycles. The van der Waals surface area contributed by atoms with Gasteiger partial charge < -0.3 is 4.74 Å². The average molecular weight is 239 g/mol. The van der Waals surface area contributed by atoms with Crippen molar-refractivity contribution in [1.82, 2.24) is 4.90 Å². The molecule has 0 bridgehead atoms. The van der Waals surface area contributed by atoms with E-state index in [9.17, 15) is 4.79 Å². The van der Waals surface area contributed by atoms with E-state index in [0.29, 0.717) is 12.6 Å². The second-order valence-electron chi connectivity index (χ2n) is 4.23. The molecule has 0 amide bonds. The third-order valence-electron chi connectivity index (χ3n) is 2.75. The first-order valence-electron chi connectivity index (χ1n) is 5.62. The highest BCUT2D eigenvalue weighted by molar-refractivity contribution is 7.12. The van der Waals surface area contributed by atoms with Gasteiger partial charge in [-0.25, -0.2) is 0 Å². The summed E-state index contributed by atoms with van der Waals surface area (Å²) in [5, 5.41) is 1.94. The summed E-state index contributed by atoms with van der Waals surface area (Å²) in [6.07, 6.45) is 2.59. The number of nitrogens with zero attached hydrogens (tertiary/aromatic N) is 1. The van der Waals surface area contributed by atoms with Gasteiger partial charge in [0.05, 0.1) is 17.5 Å². The Bertz CT molecular complexity index is 331. The van der Waals surface area contributed by atoms with Crippen LogP contribution in [0, 0.1) is 0 Å². The number of Topliss-reactive ketones (excluding diaryl/α,β-unsaturated/α-hetero) is 1. The topological polar surface area (TPSA) is 29.5 Å². The van der Waals surface area contributed by atoms with Crippen LogP contribution < -0.4 is 0 Å². The maximum absolute atomic E-state index is 11.8. The standard InChI is InChI=1S/C12H17NO2S/c1-13(8-10-4-2-6-15-10)9-11(14)12-5-3-7-16-12/h3,5,7,10H,2,4,6,8-9H2,1H3. The van der Waals surface area contributed by atoms with E-state index in [0.717, 1.165) is 30.9 Å². The minimum Gasteiger partial charge on any atom is -0.377 e. The molecule has 0 spiro atoms. The van der Waals surface area contributed by atoms with Gasteiger partial charge in [0.15, 0.2) is 5.78 Å². The van der Waals surface area contributed by atoms with E-state index in [4.69, 9.17) is 4.74 Å². The normalized spacial score (nSPS) is 20.5. The molecule has 1 aromatic rings. The molecule has 2 rings (SSSR count). The van der Waals surface area contributed by atoms with Gasteiger partial charge in [0.1, 0.15) is 0 Å². The molecule has 3 nitrogen and oxygen atoms in total. The lowest BCUT2D eigenvalue weighted by molar-refractivity contribution is 0.0742. The summed E-state index contributed by atoms with van der Waals surface area (Å²) in [5.41, 5.74) is 0. The molecule has 1 aromatic heterocycles. The van der Waals surface area contributed by atoms with Crippen molar-refractivity contribution in [2.75, 3.05) is 26.7 Å². The predicted octanol–water partition coefficient (Wildman–Crippen LogP) is 2.04. The van der Waals surface area contributed by atoms with E-state index < -0.39 is 0 Å². The summed E-state index contributed by atoms with van der Waals surface area (Å²) in [5.74, 6) is 0.204. The maximum Gasteiger partial charge on any atom is 0.186 e. The van der Waals surface area contributed by atoms with Crippen molar-refractivity contribution in [3.05, 3.63) is 22.4 Å². The number of ether oxygens (including phenoxy) is 1. The first kappa shape index (κ1) is 11.8. The summed E-state index contributed by atoms with van der Waals surface area (Å²) >= 11 is 1.51. The highest BCUT2D eigenvalue weighted by Crippen LogP contribution is 2.14. The van der Waals surface area contributed by atoms with Gasteiger partial charge in [-0.3, -0.25) is 9.69 Å². The van der Waals surface area contributed by atoms with Crippen LogP contribution in [0.25, 0.3) is 0 Å². The third kappa shape index (κ3) is 3.14. The molecule has 1 unspecified atom stereocenters. The molecule has 1 atom stereocenters.